The van der Waals surface area contributed by atoms with E-state index in [2.05, 4.69) is 15.1 Å². The van der Waals surface area contributed by atoms with Crippen molar-refractivity contribution in [1.29, 1.82) is 0 Å². The van der Waals surface area contributed by atoms with Gasteiger partial charge in [-0.25, -0.2) is 0 Å². The first-order valence-electron chi connectivity index (χ1n) is 6.26. The molecule has 0 aliphatic carbocycles. The molecule has 1 aromatic carbocycles. The van der Waals surface area contributed by atoms with Crippen LogP contribution >= 0.6 is 11.3 Å². The van der Waals surface area contributed by atoms with Gasteiger partial charge >= 0.3 is 0 Å². The van der Waals surface area contributed by atoms with Gasteiger partial charge in [0.1, 0.15) is 5.75 Å². The van der Waals surface area contributed by atoms with Crippen molar-refractivity contribution in [2.45, 2.75) is 0 Å². The zero-order valence-electron chi connectivity index (χ0n) is 10.7. The highest BCUT2D eigenvalue weighted by atomic mass is 32.1. The van der Waals surface area contributed by atoms with Gasteiger partial charge in [0.15, 0.2) is 0 Å². The number of hydrogen-bond donors (Lipinski definition) is 1. The summed E-state index contributed by atoms with van der Waals surface area (Å²) in [5.41, 5.74) is 2.54. The average Bonchev–Trinajstić information content (AvgIpc) is 3.16. The molecular weight excluding hydrogens is 286 g/mol. The Kier molecular flexibility index (Phi) is 2.68. The Hall–Kier alpha value is -2.73. The lowest BCUT2D eigenvalue weighted by atomic mass is 10.2. The van der Waals surface area contributed by atoms with Crippen molar-refractivity contribution in [3.8, 4) is 28.6 Å². The standard InChI is InChI=1S/C15H9N3O2S/c19-11-3-1-9(2-4-11)15-17-14(18-20-15)10-7-13-12(16-8-10)5-6-21-13/h1-8,19H. The maximum atomic E-state index is 9.29. The molecule has 3 heterocycles. The lowest BCUT2D eigenvalue weighted by Gasteiger charge is -1.94. The van der Waals surface area contributed by atoms with E-state index in [4.69, 9.17) is 4.52 Å². The third-order valence-electron chi connectivity index (χ3n) is 3.10. The second kappa shape index (κ2) is 4.68. The monoisotopic (exact) mass is 295 g/mol. The predicted molar refractivity (Wildman–Crippen MR) is 80.0 cm³/mol. The maximum Gasteiger partial charge on any atom is 0.258 e. The quantitative estimate of drug-likeness (QED) is 0.610. The van der Waals surface area contributed by atoms with Crippen LogP contribution in [-0.4, -0.2) is 20.2 Å². The Morgan fingerprint density at radius 1 is 1.05 bits per heavy atom. The molecule has 0 atom stereocenters. The Bertz CT molecular complexity index is 912. The van der Waals surface area contributed by atoms with Crippen LogP contribution in [0.3, 0.4) is 0 Å². The highest BCUT2D eigenvalue weighted by Crippen LogP contribution is 2.26. The SMILES string of the molecule is Oc1ccc(-c2nc(-c3cnc4ccsc4c3)no2)cc1. The fraction of sp³-hybridized carbons (Fsp3) is 0. The molecule has 102 valence electrons. The number of aromatic hydroxyl groups is 1. The zero-order valence-corrected chi connectivity index (χ0v) is 11.5. The number of hydrogen-bond acceptors (Lipinski definition) is 6. The van der Waals surface area contributed by atoms with Crippen LogP contribution in [0.4, 0.5) is 0 Å². The number of rotatable bonds is 2. The summed E-state index contributed by atoms with van der Waals surface area (Å²) in [6.07, 6.45) is 1.74. The summed E-state index contributed by atoms with van der Waals surface area (Å²) in [5.74, 6) is 1.11. The molecule has 0 fully saturated rings. The van der Waals surface area contributed by atoms with Gasteiger partial charge in [-0.05, 0) is 41.8 Å². The molecule has 21 heavy (non-hydrogen) atoms. The first-order chi connectivity index (χ1) is 10.3. The smallest absolute Gasteiger partial charge is 0.258 e. The molecule has 0 saturated heterocycles. The molecule has 3 aromatic heterocycles. The van der Waals surface area contributed by atoms with Gasteiger partial charge in [0, 0.05) is 17.3 Å². The van der Waals surface area contributed by atoms with Crippen LogP contribution in [0, 0.1) is 0 Å². The first-order valence-corrected chi connectivity index (χ1v) is 7.14. The van der Waals surface area contributed by atoms with Gasteiger partial charge < -0.3 is 9.63 Å². The van der Waals surface area contributed by atoms with Crippen molar-refractivity contribution >= 4 is 21.6 Å². The minimum absolute atomic E-state index is 0.200. The molecule has 0 spiro atoms. The highest BCUT2D eigenvalue weighted by Gasteiger charge is 2.11. The van der Waals surface area contributed by atoms with Crippen molar-refractivity contribution < 1.29 is 9.63 Å². The molecule has 0 aliphatic rings. The topological polar surface area (TPSA) is 72.0 Å². The Balaban J connectivity index is 1.74. The lowest BCUT2D eigenvalue weighted by Crippen LogP contribution is -1.83. The van der Waals surface area contributed by atoms with Crippen LogP contribution in [0.25, 0.3) is 33.1 Å². The van der Waals surface area contributed by atoms with Crippen LogP contribution in [0.5, 0.6) is 5.75 Å². The number of thiophene rings is 1. The molecule has 6 heteroatoms. The van der Waals surface area contributed by atoms with Gasteiger partial charge in [0.05, 0.1) is 10.2 Å². The molecule has 0 saturated carbocycles. The van der Waals surface area contributed by atoms with E-state index in [0.29, 0.717) is 11.7 Å². The number of aromatic nitrogens is 3. The summed E-state index contributed by atoms with van der Waals surface area (Å²) in [4.78, 5) is 8.74. The van der Waals surface area contributed by atoms with Crippen molar-refractivity contribution in [1.82, 2.24) is 15.1 Å². The molecule has 5 nitrogen and oxygen atoms in total. The van der Waals surface area contributed by atoms with E-state index < -0.39 is 0 Å². The molecule has 0 amide bonds. The van der Waals surface area contributed by atoms with E-state index in [9.17, 15) is 5.11 Å². The van der Waals surface area contributed by atoms with Crippen LogP contribution in [0.15, 0.2) is 52.5 Å². The van der Waals surface area contributed by atoms with E-state index >= 15 is 0 Å². The Morgan fingerprint density at radius 2 is 1.90 bits per heavy atom. The molecule has 4 aromatic rings. The van der Waals surface area contributed by atoms with Crippen LogP contribution in [0.2, 0.25) is 0 Å². The molecule has 0 unspecified atom stereocenters. The summed E-state index contributed by atoms with van der Waals surface area (Å²) >= 11 is 1.62. The Labute approximate surface area is 123 Å². The van der Waals surface area contributed by atoms with E-state index in [0.717, 1.165) is 21.3 Å². The number of benzene rings is 1. The van der Waals surface area contributed by atoms with Gasteiger partial charge in [0.2, 0.25) is 5.82 Å². The fourth-order valence-corrected chi connectivity index (χ4v) is 2.81. The van der Waals surface area contributed by atoms with Gasteiger partial charge in [-0.3, -0.25) is 4.98 Å². The van der Waals surface area contributed by atoms with Gasteiger partial charge in [-0.1, -0.05) is 5.16 Å². The van der Waals surface area contributed by atoms with E-state index in [1.165, 1.54) is 0 Å². The second-order valence-corrected chi connectivity index (χ2v) is 5.45. The molecule has 1 N–H and O–H groups in total. The number of fused-ring (bicyclic) bond motifs is 1. The van der Waals surface area contributed by atoms with E-state index in [1.54, 1.807) is 41.8 Å². The third kappa shape index (κ3) is 2.15. The van der Waals surface area contributed by atoms with Crippen molar-refractivity contribution in [2.75, 3.05) is 0 Å². The Morgan fingerprint density at radius 3 is 2.76 bits per heavy atom. The highest BCUT2D eigenvalue weighted by molar-refractivity contribution is 7.17. The van der Waals surface area contributed by atoms with Crippen molar-refractivity contribution in [3.05, 3.63) is 48.0 Å². The van der Waals surface area contributed by atoms with Gasteiger partial charge in [0.25, 0.3) is 5.89 Å². The summed E-state index contributed by atoms with van der Waals surface area (Å²) < 4.78 is 6.36. The van der Waals surface area contributed by atoms with E-state index in [1.807, 2.05) is 17.5 Å². The predicted octanol–water partition coefficient (Wildman–Crippen LogP) is 3.72. The fourth-order valence-electron chi connectivity index (χ4n) is 2.03. The summed E-state index contributed by atoms with van der Waals surface area (Å²) in [7, 11) is 0. The lowest BCUT2D eigenvalue weighted by molar-refractivity contribution is 0.432. The summed E-state index contributed by atoms with van der Waals surface area (Å²) in [5, 5.41) is 15.3. The average molecular weight is 295 g/mol. The van der Waals surface area contributed by atoms with Crippen molar-refractivity contribution in [2.24, 2.45) is 0 Å². The summed E-state index contributed by atoms with van der Waals surface area (Å²) in [6.45, 7) is 0. The zero-order chi connectivity index (χ0) is 14.2. The van der Waals surface area contributed by atoms with Gasteiger partial charge in [-0.15, -0.1) is 11.3 Å². The molecule has 4 rings (SSSR count). The normalized spacial score (nSPS) is 11.0. The molecular formula is C15H9N3O2S. The van der Waals surface area contributed by atoms with Crippen LogP contribution < -0.4 is 0 Å². The molecule has 0 radical (unpaired) electrons. The molecule has 0 aliphatic heterocycles. The number of phenols is 1. The minimum Gasteiger partial charge on any atom is -0.508 e. The minimum atomic E-state index is 0.200. The largest absolute Gasteiger partial charge is 0.508 e. The third-order valence-corrected chi connectivity index (χ3v) is 3.95. The summed E-state index contributed by atoms with van der Waals surface area (Å²) in [6, 6.07) is 10.6. The van der Waals surface area contributed by atoms with Crippen molar-refractivity contribution in [3.63, 3.8) is 0 Å². The maximum absolute atomic E-state index is 9.29. The second-order valence-electron chi connectivity index (χ2n) is 4.50. The first kappa shape index (κ1) is 12.0. The molecule has 0 bridgehead atoms. The number of phenolic OH excluding ortho intramolecular Hbond substituents is 1. The number of pyridine rings is 1. The van der Waals surface area contributed by atoms with Gasteiger partial charge in [-0.2, -0.15) is 4.98 Å². The van der Waals surface area contributed by atoms with Crippen LogP contribution in [-0.2, 0) is 0 Å². The number of nitrogens with zero attached hydrogens (tertiary/aromatic N) is 3. The van der Waals surface area contributed by atoms with Crippen LogP contribution in [0.1, 0.15) is 0 Å². The van der Waals surface area contributed by atoms with E-state index in [-0.39, 0.29) is 5.75 Å².